The van der Waals surface area contributed by atoms with E-state index in [1.807, 2.05) is 11.8 Å². The summed E-state index contributed by atoms with van der Waals surface area (Å²) in [4.78, 5) is 4.51. The molecule has 0 aromatic rings. The fraction of sp³-hybridized carbons (Fsp3) is 0.900. The van der Waals surface area contributed by atoms with Gasteiger partial charge in [-0.25, -0.2) is 0 Å². The second kappa shape index (κ2) is 4.36. The molecule has 1 N–H and O–H groups in total. The number of aliphatic imine (C=N–C) groups is 1. The normalized spacial score (nSPS) is 29.3. The van der Waals surface area contributed by atoms with Crippen LogP contribution in [-0.4, -0.2) is 24.0 Å². The van der Waals surface area contributed by atoms with E-state index in [0.717, 1.165) is 24.9 Å². The van der Waals surface area contributed by atoms with Gasteiger partial charge in [0.25, 0.3) is 0 Å². The minimum absolute atomic E-state index is 0.763. The van der Waals surface area contributed by atoms with Gasteiger partial charge in [-0.3, -0.25) is 4.99 Å². The lowest BCUT2D eigenvalue weighted by molar-refractivity contribution is 0.316. The summed E-state index contributed by atoms with van der Waals surface area (Å²) in [7, 11) is 0. The Hall–Kier alpha value is -0.180. The van der Waals surface area contributed by atoms with Crippen LogP contribution in [0.15, 0.2) is 4.99 Å². The predicted octanol–water partition coefficient (Wildman–Crippen LogP) is 2.12. The minimum Gasteiger partial charge on any atom is -0.365 e. The molecular weight excluding hydrogens is 180 g/mol. The molecule has 0 aromatic heterocycles. The first-order valence-electron chi connectivity index (χ1n) is 5.25. The van der Waals surface area contributed by atoms with Gasteiger partial charge in [0.1, 0.15) is 0 Å². The molecule has 0 spiro atoms. The van der Waals surface area contributed by atoms with Crippen LogP contribution in [0, 0.1) is 11.8 Å². The zero-order valence-corrected chi connectivity index (χ0v) is 9.07. The molecule has 1 unspecified atom stereocenters. The van der Waals surface area contributed by atoms with Gasteiger partial charge in [-0.1, -0.05) is 25.1 Å². The summed E-state index contributed by atoms with van der Waals surface area (Å²) in [6, 6.07) is 0. The van der Waals surface area contributed by atoms with Gasteiger partial charge in [0.2, 0.25) is 0 Å². The van der Waals surface area contributed by atoms with Gasteiger partial charge in [0.15, 0.2) is 5.17 Å². The number of thioether (sulfide) groups is 1. The highest BCUT2D eigenvalue weighted by Gasteiger charge is 2.18. The van der Waals surface area contributed by atoms with E-state index in [2.05, 4.69) is 17.2 Å². The average Bonchev–Trinajstić information content (AvgIpc) is 2.05. The van der Waals surface area contributed by atoms with E-state index in [1.54, 1.807) is 0 Å². The van der Waals surface area contributed by atoms with E-state index in [0.29, 0.717) is 0 Å². The van der Waals surface area contributed by atoms with Crippen molar-refractivity contribution in [3.05, 3.63) is 0 Å². The van der Waals surface area contributed by atoms with Crippen LogP contribution in [0.5, 0.6) is 0 Å². The molecule has 0 saturated heterocycles. The maximum atomic E-state index is 4.51. The first kappa shape index (κ1) is 9.38. The minimum atomic E-state index is 0.763. The number of nitrogens with one attached hydrogen (secondary N) is 1. The molecule has 2 nitrogen and oxygen atoms in total. The van der Waals surface area contributed by atoms with Gasteiger partial charge in [0.05, 0.1) is 0 Å². The van der Waals surface area contributed by atoms with Gasteiger partial charge in [-0.05, 0) is 24.7 Å². The number of hydrogen-bond acceptors (Lipinski definition) is 3. The Morgan fingerprint density at radius 3 is 2.92 bits per heavy atom. The molecule has 1 atom stereocenters. The summed E-state index contributed by atoms with van der Waals surface area (Å²) in [5.74, 6) is 2.93. The van der Waals surface area contributed by atoms with Crippen molar-refractivity contribution in [2.45, 2.75) is 26.2 Å². The van der Waals surface area contributed by atoms with Crippen molar-refractivity contribution in [1.82, 2.24) is 5.32 Å². The molecule has 13 heavy (non-hydrogen) atoms. The lowest BCUT2D eigenvalue weighted by Crippen LogP contribution is -2.32. The Labute approximate surface area is 84.6 Å². The number of hydrogen-bond donors (Lipinski definition) is 1. The highest BCUT2D eigenvalue weighted by Crippen LogP contribution is 2.25. The fourth-order valence-electron chi connectivity index (χ4n) is 1.59. The SMILES string of the molecule is CC1CN=C(NCC2CCC2)SC1. The van der Waals surface area contributed by atoms with Crippen LogP contribution in [-0.2, 0) is 0 Å². The van der Waals surface area contributed by atoms with Crippen LogP contribution in [0.4, 0.5) is 0 Å². The third kappa shape index (κ3) is 2.63. The number of nitrogens with zero attached hydrogens (tertiary/aromatic N) is 1. The van der Waals surface area contributed by atoms with Crippen molar-refractivity contribution >= 4 is 16.9 Å². The van der Waals surface area contributed by atoms with Crippen molar-refractivity contribution in [1.29, 1.82) is 0 Å². The largest absolute Gasteiger partial charge is 0.365 e. The molecule has 1 fully saturated rings. The summed E-state index contributed by atoms with van der Waals surface area (Å²) in [5.41, 5.74) is 0. The van der Waals surface area contributed by atoms with Gasteiger partial charge in [-0.15, -0.1) is 0 Å². The number of amidine groups is 1. The predicted molar refractivity (Wildman–Crippen MR) is 59.3 cm³/mol. The Morgan fingerprint density at radius 2 is 2.38 bits per heavy atom. The first-order chi connectivity index (χ1) is 6.34. The van der Waals surface area contributed by atoms with Gasteiger partial charge in [0, 0.05) is 18.8 Å². The van der Waals surface area contributed by atoms with E-state index >= 15 is 0 Å². The third-order valence-corrected chi connectivity index (χ3v) is 4.10. The molecule has 1 aliphatic carbocycles. The van der Waals surface area contributed by atoms with Crippen molar-refractivity contribution in [3.8, 4) is 0 Å². The molecular formula is C10H18N2S. The maximum Gasteiger partial charge on any atom is 0.156 e. The Morgan fingerprint density at radius 1 is 1.54 bits per heavy atom. The summed E-state index contributed by atoms with van der Waals surface area (Å²) in [5, 5.41) is 4.64. The summed E-state index contributed by atoms with van der Waals surface area (Å²) >= 11 is 1.89. The summed E-state index contributed by atoms with van der Waals surface area (Å²) < 4.78 is 0. The van der Waals surface area contributed by atoms with E-state index < -0.39 is 0 Å². The van der Waals surface area contributed by atoms with Crippen molar-refractivity contribution in [3.63, 3.8) is 0 Å². The van der Waals surface area contributed by atoms with Crippen LogP contribution in [0.1, 0.15) is 26.2 Å². The molecule has 74 valence electrons. The monoisotopic (exact) mass is 198 g/mol. The highest BCUT2D eigenvalue weighted by atomic mass is 32.2. The third-order valence-electron chi connectivity index (χ3n) is 2.82. The van der Waals surface area contributed by atoms with Gasteiger partial charge in [-0.2, -0.15) is 0 Å². The molecule has 2 aliphatic rings. The molecule has 0 bridgehead atoms. The Bertz CT molecular complexity index is 199. The lowest BCUT2D eigenvalue weighted by atomic mass is 9.86. The van der Waals surface area contributed by atoms with E-state index in [9.17, 15) is 0 Å². The van der Waals surface area contributed by atoms with Gasteiger partial charge < -0.3 is 5.32 Å². The lowest BCUT2D eigenvalue weighted by Gasteiger charge is -2.27. The molecule has 0 radical (unpaired) electrons. The second-order valence-corrected chi connectivity index (χ2v) is 5.25. The zero-order chi connectivity index (χ0) is 9.10. The van der Waals surface area contributed by atoms with E-state index in [1.165, 1.54) is 30.2 Å². The molecule has 0 amide bonds. The standard InChI is InChI=1S/C10H18N2S/c1-8-5-11-10(13-7-8)12-6-9-3-2-4-9/h8-9H,2-7H2,1H3,(H,11,12). The summed E-state index contributed by atoms with van der Waals surface area (Å²) in [6.45, 7) is 4.43. The van der Waals surface area contributed by atoms with Crippen LogP contribution >= 0.6 is 11.8 Å². The van der Waals surface area contributed by atoms with Crippen LogP contribution < -0.4 is 5.32 Å². The van der Waals surface area contributed by atoms with Crippen molar-refractivity contribution in [2.75, 3.05) is 18.8 Å². The molecule has 1 heterocycles. The second-order valence-electron chi connectivity index (χ2n) is 4.24. The molecule has 1 aliphatic heterocycles. The Balaban J connectivity index is 1.68. The van der Waals surface area contributed by atoms with Crippen molar-refractivity contribution in [2.24, 2.45) is 16.8 Å². The first-order valence-corrected chi connectivity index (χ1v) is 6.24. The average molecular weight is 198 g/mol. The topological polar surface area (TPSA) is 24.4 Å². The van der Waals surface area contributed by atoms with Crippen LogP contribution in [0.25, 0.3) is 0 Å². The number of rotatable bonds is 2. The van der Waals surface area contributed by atoms with E-state index in [-0.39, 0.29) is 0 Å². The molecule has 3 heteroatoms. The molecule has 2 rings (SSSR count). The molecule has 0 aromatic carbocycles. The fourth-order valence-corrected chi connectivity index (χ4v) is 2.49. The zero-order valence-electron chi connectivity index (χ0n) is 8.25. The van der Waals surface area contributed by atoms with Crippen LogP contribution in [0.3, 0.4) is 0 Å². The Kier molecular flexibility index (Phi) is 3.14. The molecule has 1 saturated carbocycles. The highest BCUT2D eigenvalue weighted by molar-refractivity contribution is 8.13. The van der Waals surface area contributed by atoms with Gasteiger partial charge >= 0.3 is 0 Å². The van der Waals surface area contributed by atoms with Crippen molar-refractivity contribution < 1.29 is 0 Å². The smallest absolute Gasteiger partial charge is 0.156 e. The van der Waals surface area contributed by atoms with Crippen LogP contribution in [0.2, 0.25) is 0 Å². The maximum absolute atomic E-state index is 4.51. The quantitative estimate of drug-likeness (QED) is 0.735. The summed E-state index contributed by atoms with van der Waals surface area (Å²) in [6.07, 6.45) is 4.27. The van der Waals surface area contributed by atoms with E-state index in [4.69, 9.17) is 0 Å².